The zero-order valence-corrected chi connectivity index (χ0v) is 10.5. The monoisotopic (exact) mass is 242 g/mol. The molecule has 18 heavy (non-hydrogen) atoms. The van der Waals surface area contributed by atoms with Crippen LogP contribution in [0.25, 0.3) is 11.1 Å². The molecule has 3 nitrogen and oxygen atoms in total. The summed E-state index contributed by atoms with van der Waals surface area (Å²) in [5, 5.41) is 3.61. The number of aromatic nitrogens is 1. The second-order valence-corrected chi connectivity index (χ2v) is 5.63. The number of nitrogens with zero attached hydrogens (tertiary/aromatic N) is 1. The molecular weight excluding hydrogens is 224 g/mol. The molecular formula is C15H18N2O. The van der Waals surface area contributed by atoms with Gasteiger partial charge in [0.25, 0.3) is 0 Å². The predicted molar refractivity (Wildman–Crippen MR) is 71.9 cm³/mol. The molecule has 4 rings (SSSR count). The van der Waals surface area contributed by atoms with E-state index in [9.17, 15) is 0 Å². The van der Waals surface area contributed by atoms with E-state index < -0.39 is 0 Å². The van der Waals surface area contributed by atoms with E-state index in [0.717, 1.165) is 17.0 Å². The summed E-state index contributed by atoms with van der Waals surface area (Å²) in [6, 6.07) is 6.94. The number of fused-ring (bicyclic) bond motifs is 1. The van der Waals surface area contributed by atoms with Gasteiger partial charge in [-0.3, -0.25) is 0 Å². The minimum atomic E-state index is 0.587. The fraction of sp³-hybridized carbons (Fsp3) is 0.533. The van der Waals surface area contributed by atoms with Gasteiger partial charge in [0.2, 0.25) is 0 Å². The fourth-order valence-corrected chi connectivity index (χ4v) is 2.85. The van der Waals surface area contributed by atoms with E-state index in [-0.39, 0.29) is 0 Å². The summed E-state index contributed by atoms with van der Waals surface area (Å²) in [6.45, 7) is 0. The third-order valence-corrected chi connectivity index (χ3v) is 4.06. The summed E-state index contributed by atoms with van der Waals surface area (Å²) < 4.78 is 5.78. The molecule has 2 aliphatic rings. The maximum Gasteiger partial charge on any atom is 0.198 e. The molecule has 94 valence electrons. The number of rotatable bonds is 3. The Balaban J connectivity index is 1.61. The molecule has 0 amide bonds. The van der Waals surface area contributed by atoms with Gasteiger partial charge in [-0.15, -0.1) is 0 Å². The summed E-state index contributed by atoms with van der Waals surface area (Å²) in [5.74, 6) is 1.52. The normalized spacial score (nSPS) is 20.7. The number of hydrogen-bond acceptors (Lipinski definition) is 3. The lowest BCUT2D eigenvalue weighted by molar-refractivity contribution is 0.533. The van der Waals surface area contributed by atoms with Gasteiger partial charge in [0.1, 0.15) is 5.52 Å². The van der Waals surface area contributed by atoms with Crippen LogP contribution < -0.4 is 5.32 Å². The minimum Gasteiger partial charge on any atom is -0.440 e. The van der Waals surface area contributed by atoms with E-state index in [1.54, 1.807) is 0 Å². The maximum atomic E-state index is 5.78. The summed E-state index contributed by atoms with van der Waals surface area (Å²) in [4.78, 5) is 4.60. The number of benzene rings is 1. The van der Waals surface area contributed by atoms with Gasteiger partial charge in [0.05, 0.1) is 0 Å². The van der Waals surface area contributed by atoms with Crippen molar-refractivity contribution < 1.29 is 4.42 Å². The molecule has 0 bridgehead atoms. The molecule has 0 radical (unpaired) electrons. The second-order valence-electron chi connectivity index (χ2n) is 5.63. The van der Waals surface area contributed by atoms with Crippen molar-refractivity contribution >= 4 is 16.8 Å². The van der Waals surface area contributed by atoms with Gasteiger partial charge >= 0.3 is 0 Å². The summed E-state index contributed by atoms with van der Waals surface area (Å²) >= 11 is 0. The first kappa shape index (κ1) is 10.4. The van der Waals surface area contributed by atoms with Crippen molar-refractivity contribution in [2.45, 2.75) is 50.5 Å². The van der Waals surface area contributed by atoms with Crippen LogP contribution in [-0.2, 0) is 0 Å². The van der Waals surface area contributed by atoms with Crippen LogP contribution in [0.1, 0.15) is 50.3 Å². The van der Waals surface area contributed by atoms with Crippen LogP contribution in [0, 0.1) is 0 Å². The smallest absolute Gasteiger partial charge is 0.198 e. The molecule has 2 aliphatic carbocycles. The molecule has 2 saturated carbocycles. The maximum absolute atomic E-state index is 5.78. The van der Waals surface area contributed by atoms with Gasteiger partial charge < -0.3 is 9.73 Å². The first-order chi connectivity index (χ1) is 8.88. The van der Waals surface area contributed by atoms with Crippen LogP contribution in [0.5, 0.6) is 0 Å². The lowest BCUT2D eigenvalue weighted by atomic mass is 10.2. The largest absolute Gasteiger partial charge is 0.440 e. The molecule has 1 N–H and O–H groups in total. The minimum absolute atomic E-state index is 0.587. The van der Waals surface area contributed by atoms with Crippen LogP contribution in [0.3, 0.4) is 0 Å². The Morgan fingerprint density at radius 2 is 1.94 bits per heavy atom. The van der Waals surface area contributed by atoms with Crippen LogP contribution in [0.2, 0.25) is 0 Å². The Morgan fingerprint density at radius 3 is 2.72 bits per heavy atom. The van der Waals surface area contributed by atoms with Crippen molar-refractivity contribution in [1.82, 2.24) is 4.98 Å². The highest BCUT2D eigenvalue weighted by Crippen LogP contribution is 2.40. The molecule has 1 aromatic carbocycles. The SMILES string of the molecule is c1cc2oc(C3CC3)nc2cc1NC1CCCC1. The number of anilines is 1. The Morgan fingerprint density at radius 1 is 1.11 bits per heavy atom. The van der Waals surface area contributed by atoms with Crippen LogP contribution >= 0.6 is 0 Å². The van der Waals surface area contributed by atoms with E-state index in [0.29, 0.717) is 12.0 Å². The van der Waals surface area contributed by atoms with Gasteiger partial charge in [-0.1, -0.05) is 12.8 Å². The second kappa shape index (κ2) is 4.01. The van der Waals surface area contributed by atoms with Crippen LogP contribution in [0.15, 0.2) is 22.6 Å². The molecule has 1 aromatic heterocycles. The number of oxazole rings is 1. The standard InChI is InChI=1S/C15H18N2O/c1-2-4-11(3-1)16-12-7-8-14-13(9-12)17-15(18-14)10-5-6-10/h7-11,16H,1-6H2. The van der Waals surface area contributed by atoms with Gasteiger partial charge in [-0.05, 0) is 43.9 Å². The van der Waals surface area contributed by atoms with E-state index >= 15 is 0 Å². The van der Waals surface area contributed by atoms with Crippen LogP contribution in [-0.4, -0.2) is 11.0 Å². The average Bonchev–Trinajstić information content (AvgIpc) is 2.95. The average molecular weight is 242 g/mol. The van der Waals surface area contributed by atoms with E-state index in [4.69, 9.17) is 4.42 Å². The van der Waals surface area contributed by atoms with Gasteiger partial charge in [-0.25, -0.2) is 4.98 Å². The molecule has 0 saturated heterocycles. The van der Waals surface area contributed by atoms with Crippen molar-refractivity contribution in [3.63, 3.8) is 0 Å². The molecule has 2 aromatic rings. The van der Waals surface area contributed by atoms with Crippen molar-refractivity contribution in [1.29, 1.82) is 0 Å². The van der Waals surface area contributed by atoms with Crippen molar-refractivity contribution in [2.24, 2.45) is 0 Å². The lowest BCUT2D eigenvalue weighted by Crippen LogP contribution is -2.14. The molecule has 0 unspecified atom stereocenters. The predicted octanol–water partition coefficient (Wildman–Crippen LogP) is 4.06. The Bertz CT molecular complexity index is 565. The highest BCUT2D eigenvalue weighted by Gasteiger charge is 2.28. The highest BCUT2D eigenvalue weighted by atomic mass is 16.3. The number of nitrogens with one attached hydrogen (secondary N) is 1. The summed E-state index contributed by atoms with van der Waals surface area (Å²) in [6.07, 6.45) is 7.78. The zero-order chi connectivity index (χ0) is 11.9. The van der Waals surface area contributed by atoms with Gasteiger partial charge in [0, 0.05) is 17.6 Å². The lowest BCUT2D eigenvalue weighted by Gasteiger charge is -2.12. The van der Waals surface area contributed by atoms with Crippen molar-refractivity contribution in [2.75, 3.05) is 5.32 Å². The fourth-order valence-electron chi connectivity index (χ4n) is 2.85. The topological polar surface area (TPSA) is 38.1 Å². The summed E-state index contributed by atoms with van der Waals surface area (Å²) in [5.41, 5.74) is 3.11. The molecule has 0 aliphatic heterocycles. The van der Waals surface area contributed by atoms with Gasteiger partial charge in [-0.2, -0.15) is 0 Å². The highest BCUT2D eigenvalue weighted by molar-refractivity contribution is 5.77. The molecule has 2 fully saturated rings. The van der Waals surface area contributed by atoms with E-state index in [1.165, 1.54) is 44.2 Å². The molecule has 3 heteroatoms. The summed E-state index contributed by atoms with van der Waals surface area (Å²) in [7, 11) is 0. The molecule has 0 atom stereocenters. The third-order valence-electron chi connectivity index (χ3n) is 4.06. The third kappa shape index (κ3) is 1.88. The van der Waals surface area contributed by atoms with Crippen LogP contribution in [0.4, 0.5) is 5.69 Å². The van der Waals surface area contributed by atoms with E-state index in [1.807, 2.05) is 6.07 Å². The Labute approximate surface area is 107 Å². The Hall–Kier alpha value is -1.51. The first-order valence-electron chi connectivity index (χ1n) is 7.05. The first-order valence-corrected chi connectivity index (χ1v) is 7.05. The quantitative estimate of drug-likeness (QED) is 0.882. The van der Waals surface area contributed by atoms with Gasteiger partial charge in [0.15, 0.2) is 11.5 Å². The van der Waals surface area contributed by atoms with Crippen molar-refractivity contribution in [3.05, 3.63) is 24.1 Å². The Kier molecular flexibility index (Phi) is 2.32. The zero-order valence-electron chi connectivity index (χ0n) is 10.5. The number of hydrogen-bond donors (Lipinski definition) is 1. The van der Waals surface area contributed by atoms with Crippen molar-refractivity contribution in [3.8, 4) is 0 Å². The van der Waals surface area contributed by atoms with E-state index in [2.05, 4.69) is 22.4 Å². The molecule has 0 spiro atoms. The molecule has 1 heterocycles.